The zero-order chi connectivity index (χ0) is 32.2. The molecule has 1 aliphatic carbocycles. The predicted octanol–water partition coefficient (Wildman–Crippen LogP) is 6.12. The van der Waals surface area contributed by atoms with E-state index in [9.17, 15) is 22.8 Å². The summed E-state index contributed by atoms with van der Waals surface area (Å²) in [6.07, 6.45) is 7.31. The van der Waals surface area contributed by atoms with Crippen molar-refractivity contribution in [3.63, 3.8) is 0 Å². The largest absolute Gasteiger partial charge is 0.434 e. The van der Waals surface area contributed by atoms with Gasteiger partial charge in [0.25, 0.3) is 5.91 Å². The summed E-state index contributed by atoms with van der Waals surface area (Å²) < 4.78 is 62.3. The summed E-state index contributed by atoms with van der Waals surface area (Å²) in [7, 11) is 0. The normalized spacial score (nSPS) is 18.2. The van der Waals surface area contributed by atoms with Crippen molar-refractivity contribution in [2.45, 2.75) is 46.3 Å². The molecule has 10 nitrogen and oxygen atoms in total. The molecule has 3 aromatic heterocycles. The summed E-state index contributed by atoms with van der Waals surface area (Å²) in [4.78, 5) is 39.9. The van der Waals surface area contributed by atoms with E-state index in [1.807, 2.05) is 0 Å². The number of aromatic nitrogens is 5. The van der Waals surface area contributed by atoms with Crippen molar-refractivity contribution < 1.29 is 31.9 Å². The molecule has 0 spiro atoms. The van der Waals surface area contributed by atoms with Crippen molar-refractivity contribution in [2.75, 3.05) is 16.8 Å². The summed E-state index contributed by atoms with van der Waals surface area (Å²) in [5.74, 6) is -2.75. The molecule has 4 heterocycles. The third-order valence-corrected chi connectivity index (χ3v) is 8.66. The van der Waals surface area contributed by atoms with Crippen LogP contribution in [0, 0.1) is 37.3 Å². The number of fused-ring (bicyclic) bond motifs is 1. The van der Waals surface area contributed by atoms with E-state index in [-0.39, 0.29) is 51.4 Å². The lowest BCUT2D eigenvalue weighted by Gasteiger charge is -2.25. The highest BCUT2D eigenvalue weighted by Crippen LogP contribution is 2.43. The lowest BCUT2D eigenvalue weighted by Crippen LogP contribution is -2.30. The average molecular weight is 644 g/mol. The van der Waals surface area contributed by atoms with Crippen LogP contribution >= 0.6 is 11.6 Å². The lowest BCUT2D eigenvalue weighted by atomic mass is 9.76. The molecule has 0 bridgehead atoms. The molecular weight excluding hydrogens is 618 g/mol. The number of anilines is 2. The van der Waals surface area contributed by atoms with E-state index in [1.54, 1.807) is 13.8 Å². The smallest absolute Gasteiger partial charge is 0.387 e. The standard InChI is InChI=1S/C30H26ClF4N7O3/c1-13-19(9-37-27(24(13)32)41-11-16-4-5-18(16)29(41)44)15(3)42-12-17(8-38-42)39-28(43)26-14(2)36-10-21(40-26)23-22(45-30(34)35)7-6-20(31)25(23)33/h6-10,12,15-16,18,30H,4-5,11H2,1-3H3,(H,39,43)/t15?,16-,18-/m1/s1. The zero-order valence-electron chi connectivity index (χ0n) is 24.2. The first-order valence-electron chi connectivity index (χ1n) is 14.0. The van der Waals surface area contributed by atoms with Crippen molar-refractivity contribution >= 4 is 34.9 Å². The zero-order valence-corrected chi connectivity index (χ0v) is 24.9. The Morgan fingerprint density at radius 2 is 1.89 bits per heavy atom. The number of carbonyl (C=O) groups excluding carboxylic acids is 2. The van der Waals surface area contributed by atoms with E-state index in [2.05, 4.69) is 30.1 Å². The van der Waals surface area contributed by atoms with Gasteiger partial charge in [-0.1, -0.05) is 11.6 Å². The lowest BCUT2D eigenvalue weighted by molar-refractivity contribution is -0.123. The Labute approximate surface area is 259 Å². The molecule has 234 valence electrons. The highest BCUT2D eigenvalue weighted by atomic mass is 35.5. The molecule has 15 heteroatoms. The third-order valence-electron chi connectivity index (χ3n) is 8.36. The number of rotatable bonds is 8. The van der Waals surface area contributed by atoms with Gasteiger partial charge in [0, 0.05) is 30.4 Å². The number of pyridine rings is 1. The minimum atomic E-state index is -3.25. The van der Waals surface area contributed by atoms with Crippen LogP contribution in [0.2, 0.25) is 5.02 Å². The van der Waals surface area contributed by atoms with Crippen LogP contribution in [0.5, 0.6) is 5.75 Å². The Balaban J connectivity index is 1.22. The first kappa shape index (κ1) is 30.4. The SMILES string of the molecule is Cc1ncc(-c2c(OC(F)F)ccc(Cl)c2F)nc1C(=O)Nc1cnn(C(C)c2cnc(N3C[C@H]4CC[C@H]4C3=O)c(F)c2C)c1. The van der Waals surface area contributed by atoms with Crippen LogP contribution in [0.15, 0.2) is 36.9 Å². The second kappa shape index (κ2) is 11.7. The molecule has 1 aromatic carbocycles. The number of ether oxygens (including phenoxy) is 1. The monoisotopic (exact) mass is 643 g/mol. The number of benzene rings is 1. The molecule has 45 heavy (non-hydrogen) atoms. The Morgan fingerprint density at radius 3 is 2.56 bits per heavy atom. The minimum absolute atomic E-state index is 0.0283. The highest BCUT2D eigenvalue weighted by molar-refractivity contribution is 6.31. The number of carbonyl (C=O) groups is 2. The third kappa shape index (κ3) is 5.47. The second-order valence-corrected chi connectivity index (χ2v) is 11.4. The van der Waals surface area contributed by atoms with Crippen LogP contribution in [0.4, 0.5) is 29.1 Å². The summed E-state index contributed by atoms with van der Waals surface area (Å²) in [5, 5.41) is 6.57. The van der Waals surface area contributed by atoms with Crippen LogP contribution in [-0.2, 0) is 4.79 Å². The van der Waals surface area contributed by atoms with Crippen LogP contribution in [-0.4, -0.2) is 49.7 Å². The van der Waals surface area contributed by atoms with Gasteiger partial charge in [-0.2, -0.15) is 13.9 Å². The molecule has 0 radical (unpaired) electrons. The Hall–Kier alpha value is -4.59. The molecule has 1 saturated heterocycles. The fourth-order valence-corrected chi connectivity index (χ4v) is 5.87. The summed E-state index contributed by atoms with van der Waals surface area (Å²) in [6.45, 7) is 2.11. The Kier molecular flexibility index (Phi) is 7.93. The quantitative estimate of drug-likeness (QED) is 0.230. The van der Waals surface area contributed by atoms with Gasteiger partial charge in [-0.25, -0.2) is 18.7 Å². The van der Waals surface area contributed by atoms with Gasteiger partial charge in [0.2, 0.25) is 5.91 Å². The number of aryl methyl sites for hydroxylation is 1. The molecule has 2 fully saturated rings. The Morgan fingerprint density at radius 1 is 1.11 bits per heavy atom. The molecule has 4 aromatic rings. The van der Waals surface area contributed by atoms with E-state index in [4.69, 9.17) is 11.6 Å². The van der Waals surface area contributed by atoms with Gasteiger partial charge in [0.15, 0.2) is 17.5 Å². The second-order valence-electron chi connectivity index (χ2n) is 11.0. The maximum absolute atomic E-state index is 15.5. The fraction of sp³-hybridized carbons (Fsp3) is 0.333. The van der Waals surface area contributed by atoms with Gasteiger partial charge in [-0.05, 0) is 57.2 Å². The van der Waals surface area contributed by atoms with Crippen LogP contribution in [0.1, 0.15) is 53.1 Å². The maximum atomic E-state index is 15.5. The van der Waals surface area contributed by atoms with Gasteiger partial charge < -0.3 is 10.1 Å². The molecule has 6 rings (SSSR count). The van der Waals surface area contributed by atoms with Crippen LogP contribution in [0.25, 0.3) is 11.3 Å². The molecule has 1 N–H and O–H groups in total. The predicted molar refractivity (Wildman–Crippen MR) is 155 cm³/mol. The number of alkyl halides is 2. The molecule has 1 saturated carbocycles. The van der Waals surface area contributed by atoms with Crippen molar-refractivity contribution in [1.29, 1.82) is 0 Å². The van der Waals surface area contributed by atoms with E-state index in [0.717, 1.165) is 31.2 Å². The van der Waals surface area contributed by atoms with Crippen LogP contribution in [0.3, 0.4) is 0 Å². The Bertz CT molecular complexity index is 1840. The minimum Gasteiger partial charge on any atom is -0.434 e. The summed E-state index contributed by atoms with van der Waals surface area (Å²) >= 11 is 5.86. The number of halogens is 5. The van der Waals surface area contributed by atoms with E-state index in [1.165, 1.54) is 35.1 Å². The molecule has 3 atom stereocenters. The average Bonchev–Trinajstić information content (AvgIpc) is 3.53. The number of amides is 2. The number of nitrogens with one attached hydrogen (secondary N) is 1. The molecular formula is C30H26ClF4N7O3. The summed E-state index contributed by atoms with van der Waals surface area (Å²) in [6, 6.07) is 1.63. The number of nitrogens with zero attached hydrogens (tertiary/aromatic N) is 6. The van der Waals surface area contributed by atoms with Crippen molar-refractivity contribution in [2.24, 2.45) is 11.8 Å². The van der Waals surface area contributed by atoms with E-state index >= 15 is 4.39 Å². The van der Waals surface area contributed by atoms with Gasteiger partial charge >= 0.3 is 6.61 Å². The van der Waals surface area contributed by atoms with Gasteiger partial charge in [-0.15, -0.1) is 0 Å². The van der Waals surface area contributed by atoms with E-state index in [0.29, 0.717) is 17.7 Å². The van der Waals surface area contributed by atoms with Crippen molar-refractivity contribution in [3.05, 3.63) is 76.1 Å². The number of hydrogen-bond acceptors (Lipinski definition) is 7. The summed E-state index contributed by atoms with van der Waals surface area (Å²) in [5.41, 5.74) is 0.362. The van der Waals surface area contributed by atoms with Gasteiger partial charge in [0.1, 0.15) is 11.4 Å². The first-order chi connectivity index (χ1) is 21.4. The molecule has 2 aliphatic rings. The molecule has 1 aliphatic heterocycles. The molecule has 1 unspecified atom stereocenters. The van der Waals surface area contributed by atoms with Gasteiger partial charge in [-0.3, -0.25) is 24.2 Å². The van der Waals surface area contributed by atoms with Crippen LogP contribution < -0.4 is 15.0 Å². The molecule has 2 amide bonds. The first-order valence-corrected chi connectivity index (χ1v) is 14.4. The van der Waals surface area contributed by atoms with Crippen molar-refractivity contribution in [3.8, 4) is 17.0 Å². The van der Waals surface area contributed by atoms with E-state index < -0.39 is 41.5 Å². The maximum Gasteiger partial charge on any atom is 0.387 e. The van der Waals surface area contributed by atoms with Gasteiger partial charge in [0.05, 0.1) is 46.1 Å². The van der Waals surface area contributed by atoms with Crippen molar-refractivity contribution in [1.82, 2.24) is 24.7 Å². The fourth-order valence-electron chi connectivity index (χ4n) is 5.71. The highest BCUT2D eigenvalue weighted by Gasteiger charge is 2.47. The topological polar surface area (TPSA) is 115 Å². The number of hydrogen-bond donors (Lipinski definition) is 1.